The molecule has 0 saturated carbocycles. The van der Waals surface area contributed by atoms with Crippen LogP contribution in [-0.4, -0.2) is 25.4 Å². The minimum Gasteiger partial charge on any atom is -0.340 e. The second kappa shape index (κ2) is 5.70. The summed E-state index contributed by atoms with van der Waals surface area (Å²) in [6, 6.07) is 7.51. The molecule has 0 bridgehead atoms. The van der Waals surface area contributed by atoms with Crippen LogP contribution in [0.1, 0.15) is 47.7 Å². The number of benzene rings is 1. The molecule has 24 heavy (non-hydrogen) atoms. The molecule has 0 amide bonds. The lowest BCUT2D eigenvalue weighted by molar-refractivity contribution is 0.101. The maximum Gasteiger partial charge on any atom is 0.254 e. The third-order valence-electron chi connectivity index (χ3n) is 4.43. The summed E-state index contributed by atoms with van der Waals surface area (Å²) in [6.07, 6.45) is 3.86. The van der Waals surface area contributed by atoms with E-state index < -0.39 is 0 Å². The van der Waals surface area contributed by atoms with Gasteiger partial charge in [0.25, 0.3) is 5.78 Å². The van der Waals surface area contributed by atoms with Crippen molar-refractivity contribution in [1.29, 1.82) is 0 Å². The van der Waals surface area contributed by atoms with E-state index >= 15 is 0 Å². The molecule has 1 aliphatic rings. The highest BCUT2D eigenvalue weighted by Gasteiger charge is 2.22. The molecule has 1 aromatic carbocycles. The number of hydrogen-bond donors (Lipinski definition) is 1. The number of nitrogens with zero attached hydrogens (tertiary/aromatic N) is 4. The first-order chi connectivity index (χ1) is 11.7. The number of aryl methyl sites for hydroxylation is 2. The van der Waals surface area contributed by atoms with Crippen molar-refractivity contribution >= 4 is 23.1 Å². The van der Waals surface area contributed by atoms with Gasteiger partial charge in [0.1, 0.15) is 5.82 Å². The second-order valence-electron chi connectivity index (χ2n) is 6.09. The van der Waals surface area contributed by atoms with Crippen molar-refractivity contribution in [2.24, 2.45) is 0 Å². The molecule has 0 aliphatic heterocycles. The van der Waals surface area contributed by atoms with Gasteiger partial charge >= 0.3 is 0 Å². The molecular formula is C18H19N5O. The summed E-state index contributed by atoms with van der Waals surface area (Å²) in [5.41, 5.74) is 3.96. The molecule has 0 saturated heterocycles. The van der Waals surface area contributed by atoms with Crippen molar-refractivity contribution in [3.63, 3.8) is 0 Å². The zero-order valence-electron chi connectivity index (χ0n) is 13.8. The molecule has 3 aromatic rings. The van der Waals surface area contributed by atoms with Crippen LogP contribution in [0.5, 0.6) is 0 Å². The fourth-order valence-corrected chi connectivity index (χ4v) is 3.13. The fraction of sp³-hybridized carbons (Fsp3) is 0.333. The average Bonchev–Trinajstić information content (AvgIpc) is 3.21. The Labute approximate surface area is 139 Å². The lowest BCUT2D eigenvalue weighted by Gasteiger charge is -2.12. The van der Waals surface area contributed by atoms with Crippen LogP contribution in [0, 0.1) is 0 Å². The summed E-state index contributed by atoms with van der Waals surface area (Å²) in [5.74, 6) is 2.45. The highest BCUT2D eigenvalue weighted by molar-refractivity contribution is 5.94. The van der Waals surface area contributed by atoms with Gasteiger partial charge in [0.05, 0.1) is 5.69 Å². The summed E-state index contributed by atoms with van der Waals surface area (Å²) in [5, 5.41) is 8.04. The molecule has 4 rings (SSSR count). The summed E-state index contributed by atoms with van der Waals surface area (Å²) < 4.78 is 1.81. The fourth-order valence-electron chi connectivity index (χ4n) is 3.13. The number of hydrogen-bond acceptors (Lipinski definition) is 5. The number of aromatic nitrogens is 4. The van der Waals surface area contributed by atoms with Gasteiger partial charge in [-0.3, -0.25) is 4.79 Å². The van der Waals surface area contributed by atoms with E-state index in [1.165, 1.54) is 5.56 Å². The van der Waals surface area contributed by atoms with E-state index in [4.69, 9.17) is 0 Å². The largest absolute Gasteiger partial charge is 0.340 e. The van der Waals surface area contributed by atoms with Crippen molar-refractivity contribution in [2.45, 2.75) is 39.5 Å². The minimum absolute atomic E-state index is 0.0672. The Morgan fingerprint density at radius 2 is 2.00 bits per heavy atom. The molecule has 1 aliphatic carbocycles. The number of carbonyl (C=O) groups excluding carboxylic acids is 1. The molecule has 0 radical (unpaired) electrons. The first-order valence-electron chi connectivity index (χ1n) is 8.31. The predicted molar refractivity (Wildman–Crippen MR) is 91.9 cm³/mol. The van der Waals surface area contributed by atoms with E-state index in [1.807, 2.05) is 35.7 Å². The molecule has 0 atom stereocenters. The molecule has 0 unspecified atom stereocenters. The monoisotopic (exact) mass is 321 g/mol. The Hall–Kier alpha value is -2.76. The van der Waals surface area contributed by atoms with Gasteiger partial charge < -0.3 is 5.32 Å². The molecule has 2 aromatic heterocycles. The first-order valence-corrected chi connectivity index (χ1v) is 8.31. The molecule has 6 nitrogen and oxygen atoms in total. The van der Waals surface area contributed by atoms with Crippen LogP contribution < -0.4 is 5.32 Å². The van der Waals surface area contributed by atoms with Crippen molar-refractivity contribution in [3.05, 3.63) is 46.9 Å². The summed E-state index contributed by atoms with van der Waals surface area (Å²) in [4.78, 5) is 20.6. The number of carbonyl (C=O) groups is 1. The predicted octanol–water partition coefficient (Wildman–Crippen LogP) is 3.12. The highest BCUT2D eigenvalue weighted by atomic mass is 16.1. The summed E-state index contributed by atoms with van der Waals surface area (Å²) in [6.45, 7) is 3.61. The van der Waals surface area contributed by atoms with Crippen molar-refractivity contribution in [1.82, 2.24) is 19.6 Å². The second-order valence-corrected chi connectivity index (χ2v) is 6.09. The zero-order valence-corrected chi connectivity index (χ0v) is 13.8. The zero-order chi connectivity index (χ0) is 16.7. The third-order valence-corrected chi connectivity index (χ3v) is 4.43. The highest BCUT2D eigenvalue weighted by Crippen LogP contribution is 2.30. The van der Waals surface area contributed by atoms with Gasteiger partial charge in [-0.2, -0.15) is 9.50 Å². The maximum absolute atomic E-state index is 11.4. The van der Waals surface area contributed by atoms with Gasteiger partial charge in [0.2, 0.25) is 0 Å². The van der Waals surface area contributed by atoms with E-state index in [0.717, 1.165) is 48.7 Å². The quantitative estimate of drug-likeness (QED) is 0.748. The van der Waals surface area contributed by atoms with Crippen LogP contribution in [0.15, 0.2) is 24.3 Å². The maximum atomic E-state index is 11.4. The van der Waals surface area contributed by atoms with E-state index in [0.29, 0.717) is 11.3 Å². The van der Waals surface area contributed by atoms with Crippen LogP contribution in [0.2, 0.25) is 0 Å². The Morgan fingerprint density at radius 3 is 2.71 bits per heavy atom. The summed E-state index contributed by atoms with van der Waals surface area (Å²) >= 11 is 0. The topological polar surface area (TPSA) is 72.2 Å². The SMILES string of the molecule is CCc1nc2nc3c(c(Nc4ccc(C(C)=O)cc4)n2n1)CCC3. The normalized spacial score (nSPS) is 13.2. The minimum atomic E-state index is 0.0672. The lowest BCUT2D eigenvalue weighted by atomic mass is 10.1. The average molecular weight is 321 g/mol. The lowest BCUT2D eigenvalue weighted by Crippen LogP contribution is -2.07. The Morgan fingerprint density at radius 1 is 1.21 bits per heavy atom. The number of Topliss-reactive ketones (excluding diaryl/α,β-unsaturated/α-hetero) is 1. The molecule has 6 heteroatoms. The smallest absolute Gasteiger partial charge is 0.254 e. The van der Waals surface area contributed by atoms with Crippen molar-refractivity contribution < 1.29 is 4.79 Å². The number of anilines is 2. The Bertz CT molecular complexity index is 927. The molecule has 0 fully saturated rings. The van der Waals surface area contributed by atoms with Gasteiger partial charge in [0, 0.05) is 23.2 Å². The van der Waals surface area contributed by atoms with Gasteiger partial charge in [-0.15, -0.1) is 5.10 Å². The van der Waals surface area contributed by atoms with Gasteiger partial charge in [-0.05, 0) is 50.5 Å². The number of fused-ring (bicyclic) bond motifs is 2. The third kappa shape index (κ3) is 2.44. The standard InChI is InChI=1S/C18H19N5O/c1-3-16-21-18-20-15-6-4-5-14(15)17(23(18)22-16)19-13-9-7-12(8-10-13)11(2)24/h7-10,19H,3-6H2,1-2H3. The van der Waals surface area contributed by atoms with Crippen LogP contribution in [0.4, 0.5) is 11.5 Å². The van der Waals surface area contributed by atoms with Gasteiger partial charge in [0.15, 0.2) is 11.6 Å². The molecular weight excluding hydrogens is 302 g/mol. The van der Waals surface area contributed by atoms with E-state index in [1.54, 1.807) is 6.92 Å². The Balaban J connectivity index is 1.80. The van der Waals surface area contributed by atoms with Crippen LogP contribution in [0.3, 0.4) is 0 Å². The van der Waals surface area contributed by atoms with E-state index in [2.05, 4.69) is 20.4 Å². The van der Waals surface area contributed by atoms with Crippen molar-refractivity contribution in [3.8, 4) is 0 Å². The van der Waals surface area contributed by atoms with Gasteiger partial charge in [-0.25, -0.2) is 4.98 Å². The first kappa shape index (κ1) is 14.8. The van der Waals surface area contributed by atoms with Crippen LogP contribution >= 0.6 is 0 Å². The van der Waals surface area contributed by atoms with Gasteiger partial charge in [-0.1, -0.05) is 6.92 Å². The molecule has 0 spiro atoms. The van der Waals surface area contributed by atoms with Crippen LogP contribution in [-0.2, 0) is 19.3 Å². The molecule has 122 valence electrons. The van der Waals surface area contributed by atoms with E-state index in [9.17, 15) is 4.79 Å². The van der Waals surface area contributed by atoms with E-state index in [-0.39, 0.29) is 5.78 Å². The number of rotatable bonds is 4. The Kier molecular flexibility index (Phi) is 3.52. The van der Waals surface area contributed by atoms with Crippen LogP contribution in [0.25, 0.3) is 5.78 Å². The number of nitrogens with one attached hydrogen (secondary N) is 1. The number of ketones is 1. The molecule has 1 N–H and O–H groups in total. The summed E-state index contributed by atoms with van der Waals surface area (Å²) in [7, 11) is 0. The van der Waals surface area contributed by atoms with Crippen molar-refractivity contribution in [2.75, 3.05) is 5.32 Å². The molecule has 2 heterocycles.